The van der Waals surface area contributed by atoms with Gasteiger partial charge in [-0.25, -0.2) is 34.7 Å². The van der Waals surface area contributed by atoms with Crippen molar-refractivity contribution in [2.45, 2.75) is 6.42 Å². The number of nitrogens with one attached hydrogen (secondary N) is 3. The summed E-state index contributed by atoms with van der Waals surface area (Å²) in [4.78, 5) is 60.7. The van der Waals surface area contributed by atoms with Gasteiger partial charge < -0.3 is 37.2 Å². The first-order valence-corrected chi connectivity index (χ1v) is 16.5. The van der Waals surface area contributed by atoms with Crippen LogP contribution in [0, 0.1) is 0 Å². The number of H-pyrrole nitrogens is 2. The van der Waals surface area contributed by atoms with E-state index in [2.05, 4.69) is 21.9 Å². The van der Waals surface area contributed by atoms with Gasteiger partial charge in [0.15, 0.2) is 23.3 Å². The fourth-order valence-electron chi connectivity index (χ4n) is 6.45. The molecule has 0 atom stereocenters. The molecule has 0 fully saturated rings. The molecule has 0 saturated heterocycles. The Kier molecular flexibility index (Phi) is 7.08. The molecule has 2 aliphatic rings. The van der Waals surface area contributed by atoms with Gasteiger partial charge in [0.05, 0.1) is 6.42 Å². The summed E-state index contributed by atoms with van der Waals surface area (Å²) in [6.45, 7) is 3.28. The van der Waals surface area contributed by atoms with Crippen molar-refractivity contribution < 1.29 is 14.3 Å². The Hall–Kier alpha value is -7.68. The van der Waals surface area contributed by atoms with Crippen LogP contribution in [-0.2, 0) is 14.3 Å². The lowest BCUT2D eigenvalue weighted by Crippen LogP contribution is -2.15. The molecule has 7 aromatic rings. The van der Waals surface area contributed by atoms with Crippen molar-refractivity contribution in [3.8, 4) is 45.6 Å². The van der Waals surface area contributed by atoms with E-state index < -0.39 is 5.97 Å². The number of benzene rings is 4. The van der Waals surface area contributed by atoms with E-state index in [1.807, 2.05) is 42.5 Å². The van der Waals surface area contributed by atoms with Crippen LogP contribution in [0.3, 0.4) is 0 Å². The summed E-state index contributed by atoms with van der Waals surface area (Å²) in [5.41, 5.74) is 25.6. The Bertz CT molecular complexity index is 2900. The van der Waals surface area contributed by atoms with Crippen molar-refractivity contribution >= 4 is 78.8 Å². The average Bonchev–Trinajstić information content (AvgIpc) is 3.86. The molecule has 9 N–H and O–H groups in total. The van der Waals surface area contributed by atoms with Gasteiger partial charge in [0, 0.05) is 72.6 Å². The number of hydrogen-bond acceptors (Lipinski definition) is 12. The maximum atomic E-state index is 12.8. The van der Waals surface area contributed by atoms with Crippen LogP contribution >= 0.6 is 0 Å². The third-order valence-electron chi connectivity index (χ3n) is 8.93. The maximum Gasteiger partial charge on any atom is 0.330 e. The number of rotatable bonds is 5. The van der Waals surface area contributed by atoms with Gasteiger partial charge in [-0.3, -0.25) is 4.79 Å². The minimum Gasteiger partial charge on any atom is -0.462 e. The number of aromatic nitrogens is 8. The highest BCUT2D eigenvalue weighted by Gasteiger charge is 2.23. The van der Waals surface area contributed by atoms with E-state index in [1.54, 1.807) is 30.3 Å². The third-order valence-corrected chi connectivity index (χ3v) is 8.93. The number of fused-ring (bicyclic) bond motifs is 20. The van der Waals surface area contributed by atoms with Gasteiger partial charge in [0.1, 0.15) is 29.2 Å². The van der Waals surface area contributed by atoms with E-state index in [0.29, 0.717) is 90.5 Å². The number of nitrogen functional groups attached to an aromatic ring is 3. The molecule has 15 heteroatoms. The number of esters is 1. The van der Waals surface area contributed by atoms with E-state index in [-0.39, 0.29) is 18.9 Å². The molecule has 0 aliphatic carbocycles. The van der Waals surface area contributed by atoms with Crippen LogP contribution < -0.4 is 22.5 Å². The molecule has 53 heavy (non-hydrogen) atoms. The van der Waals surface area contributed by atoms with E-state index in [4.69, 9.17) is 51.8 Å². The molecule has 8 bridgehead atoms. The predicted molar refractivity (Wildman–Crippen MR) is 204 cm³/mol. The van der Waals surface area contributed by atoms with Crippen LogP contribution in [0.15, 0.2) is 85.5 Å². The first kappa shape index (κ1) is 31.3. The van der Waals surface area contributed by atoms with Gasteiger partial charge in [-0.2, -0.15) is 0 Å². The molecule has 9 rings (SSSR count). The zero-order chi connectivity index (χ0) is 36.4. The number of carbonyl (C=O) groups excluding carboxylic acids is 2. The quantitative estimate of drug-likeness (QED) is 0.0722. The predicted octanol–water partition coefficient (Wildman–Crippen LogP) is 5.67. The SMILES string of the molecule is C=CC(=O)OCCC(=O)Nc1ccc2c3nc4nc(nc5[nH]c(nc6nc(nc([nH]3)c2c1)-c1ccc(N)cc1-6)c1ccc(N)cc51)-c1ccc(N)cc1-4. The molecule has 258 valence electrons. The Morgan fingerprint density at radius 1 is 0.604 bits per heavy atom. The average molecular weight is 701 g/mol. The number of hydrogen-bond donors (Lipinski definition) is 6. The standard InChI is InChI=1S/C38H28N12O3/c1-2-30(52)53-12-11-29(51)42-20-6-10-24-28(16-20)38-49-33-23-9-5-19(41)15-27(23)36(47-33)45-31-21-7-3-17(39)13-25(21)35(43-31)44-32-22-8-4-18(40)14-26(22)37(46-32)48-34(24)50-38/h2-10,13-16H,1,11-12,39-41H2,(H,42,51)(H2,43,44,45,46,47,48,49,50). The second kappa shape index (κ2) is 12.0. The van der Waals surface area contributed by atoms with Gasteiger partial charge in [0.2, 0.25) is 5.91 Å². The molecule has 0 spiro atoms. The minimum absolute atomic E-state index is 0.0431. The van der Waals surface area contributed by atoms with Crippen LogP contribution in [-0.4, -0.2) is 58.4 Å². The van der Waals surface area contributed by atoms with Crippen LogP contribution in [0.4, 0.5) is 22.7 Å². The number of nitrogens with zero attached hydrogens (tertiary/aromatic N) is 6. The Labute approximate surface area is 299 Å². The fraction of sp³-hybridized carbons (Fsp3) is 0.0526. The molecular weight excluding hydrogens is 672 g/mol. The first-order chi connectivity index (χ1) is 25.7. The highest BCUT2D eigenvalue weighted by molar-refractivity contribution is 6.08. The van der Waals surface area contributed by atoms with Crippen LogP contribution in [0.25, 0.3) is 89.7 Å². The summed E-state index contributed by atoms with van der Waals surface area (Å²) < 4.78 is 4.96. The van der Waals surface area contributed by atoms with Crippen molar-refractivity contribution in [3.63, 3.8) is 0 Å². The normalized spacial score (nSPS) is 11.6. The topological polar surface area (TPSA) is 242 Å². The lowest BCUT2D eigenvalue weighted by molar-refractivity contribution is -0.138. The van der Waals surface area contributed by atoms with Crippen LogP contribution in [0.1, 0.15) is 6.42 Å². The smallest absolute Gasteiger partial charge is 0.330 e. The highest BCUT2D eigenvalue weighted by atomic mass is 16.5. The molecule has 4 aromatic carbocycles. The molecule has 1 amide bonds. The molecule has 0 radical (unpaired) electrons. The highest BCUT2D eigenvalue weighted by Crippen LogP contribution is 2.38. The molecule has 15 nitrogen and oxygen atoms in total. The summed E-state index contributed by atoms with van der Waals surface area (Å²) in [6, 6.07) is 21.8. The Morgan fingerprint density at radius 3 is 1.64 bits per heavy atom. The molecular formula is C38H28N12O3. The second-order valence-corrected chi connectivity index (χ2v) is 12.5. The second-order valence-electron chi connectivity index (χ2n) is 12.5. The van der Waals surface area contributed by atoms with E-state index in [1.165, 1.54) is 0 Å². The zero-order valence-electron chi connectivity index (χ0n) is 27.8. The van der Waals surface area contributed by atoms with Crippen LogP contribution in [0.5, 0.6) is 0 Å². The van der Waals surface area contributed by atoms with E-state index in [0.717, 1.165) is 28.0 Å². The number of ether oxygens (including phenoxy) is 1. The molecule has 3 aromatic heterocycles. The summed E-state index contributed by atoms with van der Waals surface area (Å²) in [7, 11) is 0. The van der Waals surface area contributed by atoms with Crippen molar-refractivity contribution in [2.24, 2.45) is 0 Å². The van der Waals surface area contributed by atoms with Crippen molar-refractivity contribution in [1.82, 2.24) is 39.9 Å². The van der Waals surface area contributed by atoms with Gasteiger partial charge in [-0.05, 0) is 72.8 Å². The number of aromatic amines is 2. The summed E-state index contributed by atoms with van der Waals surface area (Å²) in [5.74, 6) is 0.631. The van der Waals surface area contributed by atoms with Gasteiger partial charge >= 0.3 is 5.97 Å². The molecule has 0 saturated carbocycles. The van der Waals surface area contributed by atoms with Crippen molar-refractivity contribution in [2.75, 3.05) is 29.1 Å². The molecule has 5 heterocycles. The van der Waals surface area contributed by atoms with E-state index in [9.17, 15) is 9.59 Å². The Balaban J connectivity index is 1.33. The molecule has 2 aliphatic heterocycles. The lowest BCUT2D eigenvalue weighted by Gasteiger charge is -2.06. The van der Waals surface area contributed by atoms with Crippen molar-refractivity contribution in [1.29, 1.82) is 0 Å². The minimum atomic E-state index is -0.602. The van der Waals surface area contributed by atoms with E-state index >= 15 is 0 Å². The van der Waals surface area contributed by atoms with Gasteiger partial charge in [-0.15, -0.1) is 0 Å². The Morgan fingerprint density at radius 2 is 1.08 bits per heavy atom. The van der Waals surface area contributed by atoms with Gasteiger partial charge in [-0.1, -0.05) is 6.58 Å². The maximum absolute atomic E-state index is 12.8. The van der Waals surface area contributed by atoms with Gasteiger partial charge in [0.25, 0.3) is 0 Å². The number of carbonyl (C=O) groups is 2. The molecule has 0 unspecified atom stereocenters. The number of amides is 1. The lowest BCUT2D eigenvalue weighted by atomic mass is 10.1. The first-order valence-electron chi connectivity index (χ1n) is 16.5. The zero-order valence-corrected chi connectivity index (χ0v) is 27.8. The number of nitrogens with two attached hydrogens (primary N) is 3. The largest absolute Gasteiger partial charge is 0.462 e. The summed E-state index contributed by atoms with van der Waals surface area (Å²) in [5, 5.41) is 5.73. The van der Waals surface area contributed by atoms with Crippen LogP contribution in [0.2, 0.25) is 0 Å². The summed E-state index contributed by atoms with van der Waals surface area (Å²) in [6.07, 6.45) is 1.00. The fourth-order valence-corrected chi connectivity index (χ4v) is 6.45. The summed E-state index contributed by atoms with van der Waals surface area (Å²) >= 11 is 0. The third kappa shape index (κ3) is 5.48. The number of anilines is 4. The monoisotopic (exact) mass is 700 g/mol. The van der Waals surface area contributed by atoms with Crippen molar-refractivity contribution in [3.05, 3.63) is 85.5 Å².